The molecule has 11 aromatic carbocycles. The lowest BCUT2D eigenvalue weighted by Crippen LogP contribution is -2.10. The molecule has 0 amide bonds. The molecule has 0 radical (unpaired) electrons. The monoisotopic (exact) mass is 789 g/mol. The molecule has 0 fully saturated rings. The molecule has 290 valence electrons. The molecule has 0 saturated carbocycles. The van der Waals surface area contributed by atoms with Crippen molar-refractivity contribution in [2.24, 2.45) is 0 Å². The summed E-state index contributed by atoms with van der Waals surface area (Å²) < 4.78 is 6.56. The number of fused-ring (bicyclic) bond motifs is 7. The molecule has 2 nitrogen and oxygen atoms in total. The Morgan fingerprint density at radius 2 is 0.790 bits per heavy atom. The molecule has 0 atom stereocenters. The van der Waals surface area contributed by atoms with Crippen LogP contribution < -0.4 is 4.90 Å². The van der Waals surface area contributed by atoms with Crippen LogP contribution in [0.1, 0.15) is 0 Å². The summed E-state index contributed by atoms with van der Waals surface area (Å²) in [4.78, 5) is 2.43. The highest BCUT2D eigenvalue weighted by Crippen LogP contribution is 2.45. The van der Waals surface area contributed by atoms with Crippen LogP contribution in [0.5, 0.6) is 0 Å². The van der Waals surface area contributed by atoms with Crippen LogP contribution >= 0.6 is 0 Å². The van der Waals surface area contributed by atoms with Crippen LogP contribution in [0.15, 0.2) is 241 Å². The summed E-state index contributed by atoms with van der Waals surface area (Å²) in [6.07, 6.45) is 0. The first-order valence-electron chi connectivity index (χ1n) is 21.2. The van der Waals surface area contributed by atoms with Crippen LogP contribution in [-0.2, 0) is 0 Å². The zero-order valence-electron chi connectivity index (χ0n) is 33.9. The molecule has 1 aromatic heterocycles. The van der Waals surface area contributed by atoms with E-state index in [0.717, 1.165) is 67.2 Å². The maximum absolute atomic E-state index is 6.56. The number of hydrogen-bond acceptors (Lipinski definition) is 2. The predicted molar refractivity (Wildman–Crippen MR) is 263 cm³/mol. The van der Waals surface area contributed by atoms with Gasteiger partial charge in [0.05, 0.1) is 5.69 Å². The minimum atomic E-state index is 0.888. The van der Waals surface area contributed by atoms with Gasteiger partial charge in [-0.05, 0) is 108 Å². The fraction of sp³-hybridized carbons (Fsp3) is 0. The minimum absolute atomic E-state index is 0.888. The smallest absolute Gasteiger partial charge is 0.143 e. The van der Waals surface area contributed by atoms with Crippen LogP contribution in [0.4, 0.5) is 17.1 Å². The van der Waals surface area contributed by atoms with E-state index in [1.165, 1.54) is 48.7 Å². The van der Waals surface area contributed by atoms with Gasteiger partial charge in [-0.1, -0.05) is 194 Å². The average molecular weight is 790 g/mol. The topological polar surface area (TPSA) is 16.4 Å². The Kier molecular flexibility index (Phi) is 8.53. The zero-order chi connectivity index (χ0) is 41.0. The van der Waals surface area contributed by atoms with E-state index in [1.807, 2.05) is 12.1 Å². The first kappa shape index (κ1) is 35.7. The van der Waals surface area contributed by atoms with Crippen molar-refractivity contribution in [2.75, 3.05) is 4.90 Å². The van der Waals surface area contributed by atoms with Crippen molar-refractivity contribution in [3.05, 3.63) is 237 Å². The standard InChI is InChI=1S/C60H39NO/c1-2-14-44(15-3-1)59-56-23-10-11-24-58(56)62-60(59)48-18-12-17-45(37-48)42-27-25-40(26-28-42)41-31-33-49(34-32-41)61(50-35-36-53-47(38-50)30-29-43-13-4-6-19-51(43)53)57-39-46-16-5-7-20-52(46)54-21-8-9-22-55(54)57/h1-39H. The zero-order valence-corrected chi connectivity index (χ0v) is 33.9. The van der Waals surface area contributed by atoms with Crippen LogP contribution in [0.2, 0.25) is 0 Å². The Morgan fingerprint density at radius 1 is 0.274 bits per heavy atom. The van der Waals surface area contributed by atoms with Crippen molar-refractivity contribution in [3.8, 4) is 44.7 Å². The summed E-state index contributed by atoms with van der Waals surface area (Å²) in [6.45, 7) is 0. The fourth-order valence-electron chi connectivity index (χ4n) is 9.42. The molecule has 0 aliphatic heterocycles. The summed E-state index contributed by atoms with van der Waals surface area (Å²) in [7, 11) is 0. The van der Waals surface area contributed by atoms with Gasteiger partial charge < -0.3 is 9.32 Å². The van der Waals surface area contributed by atoms with E-state index in [9.17, 15) is 0 Å². The number of rotatable bonds is 7. The van der Waals surface area contributed by atoms with Crippen molar-refractivity contribution in [1.82, 2.24) is 0 Å². The van der Waals surface area contributed by atoms with Gasteiger partial charge in [0.15, 0.2) is 0 Å². The van der Waals surface area contributed by atoms with Gasteiger partial charge in [-0.3, -0.25) is 0 Å². The van der Waals surface area contributed by atoms with Crippen molar-refractivity contribution in [2.45, 2.75) is 0 Å². The van der Waals surface area contributed by atoms with Gasteiger partial charge >= 0.3 is 0 Å². The Hall–Kier alpha value is -8.20. The summed E-state index contributed by atoms with van der Waals surface area (Å²) in [5, 5.41) is 11.0. The lowest BCUT2D eigenvalue weighted by molar-refractivity contribution is 0.632. The van der Waals surface area contributed by atoms with E-state index in [4.69, 9.17) is 4.42 Å². The second kappa shape index (κ2) is 14.8. The first-order chi connectivity index (χ1) is 30.7. The van der Waals surface area contributed by atoms with Crippen LogP contribution in [0.3, 0.4) is 0 Å². The summed E-state index contributed by atoms with van der Waals surface area (Å²) in [5.41, 5.74) is 12.2. The summed E-state index contributed by atoms with van der Waals surface area (Å²) >= 11 is 0. The van der Waals surface area contributed by atoms with Crippen molar-refractivity contribution >= 4 is 71.1 Å². The molecule has 0 spiro atoms. The fourth-order valence-corrected chi connectivity index (χ4v) is 9.42. The quantitative estimate of drug-likeness (QED) is 0.150. The third-order valence-electron chi connectivity index (χ3n) is 12.4. The molecule has 62 heavy (non-hydrogen) atoms. The normalized spacial score (nSPS) is 11.5. The van der Waals surface area contributed by atoms with Crippen molar-refractivity contribution in [1.29, 1.82) is 0 Å². The van der Waals surface area contributed by atoms with Gasteiger partial charge in [0.25, 0.3) is 0 Å². The number of hydrogen-bond donors (Lipinski definition) is 0. The van der Waals surface area contributed by atoms with E-state index in [1.54, 1.807) is 0 Å². The predicted octanol–water partition coefficient (Wildman–Crippen LogP) is 17.2. The minimum Gasteiger partial charge on any atom is -0.455 e. The van der Waals surface area contributed by atoms with Gasteiger partial charge in [-0.2, -0.15) is 0 Å². The molecular weight excluding hydrogens is 751 g/mol. The molecule has 0 aliphatic rings. The van der Waals surface area contributed by atoms with E-state index < -0.39 is 0 Å². The molecule has 12 aromatic rings. The number of benzene rings is 11. The Labute approximate surface area is 360 Å². The van der Waals surface area contributed by atoms with Crippen molar-refractivity contribution in [3.63, 3.8) is 0 Å². The molecule has 0 N–H and O–H groups in total. The molecule has 0 aliphatic carbocycles. The highest BCUT2D eigenvalue weighted by molar-refractivity contribution is 6.15. The Bertz CT molecular complexity index is 3620. The van der Waals surface area contributed by atoms with Gasteiger partial charge in [0, 0.05) is 33.3 Å². The lowest BCUT2D eigenvalue weighted by atomic mass is 9.95. The Morgan fingerprint density at radius 3 is 1.56 bits per heavy atom. The molecule has 0 unspecified atom stereocenters. The number of para-hydroxylation sites is 1. The number of furan rings is 1. The molecule has 0 saturated heterocycles. The SMILES string of the molecule is c1ccc(-c2c(-c3cccc(-c4ccc(-c5ccc(N(c6ccc7c(ccc8ccccc87)c6)c6cc7ccccc7c7ccccc67)cc5)cc4)c3)oc3ccccc23)cc1. The van der Waals surface area contributed by atoms with E-state index >= 15 is 0 Å². The molecule has 1 heterocycles. The lowest BCUT2D eigenvalue weighted by Gasteiger charge is -2.28. The highest BCUT2D eigenvalue weighted by Gasteiger charge is 2.20. The molecule has 2 heteroatoms. The number of anilines is 3. The van der Waals surface area contributed by atoms with Crippen LogP contribution in [-0.4, -0.2) is 0 Å². The summed E-state index contributed by atoms with van der Waals surface area (Å²) in [6, 6.07) is 85.4. The third kappa shape index (κ3) is 6.12. The van der Waals surface area contributed by atoms with Gasteiger partial charge in [0.1, 0.15) is 11.3 Å². The van der Waals surface area contributed by atoms with Gasteiger partial charge in [0.2, 0.25) is 0 Å². The van der Waals surface area contributed by atoms with E-state index in [-0.39, 0.29) is 0 Å². The van der Waals surface area contributed by atoms with E-state index in [2.05, 4.69) is 229 Å². The maximum atomic E-state index is 6.56. The van der Waals surface area contributed by atoms with Crippen molar-refractivity contribution < 1.29 is 4.42 Å². The third-order valence-corrected chi connectivity index (χ3v) is 12.4. The van der Waals surface area contributed by atoms with Gasteiger partial charge in [-0.15, -0.1) is 0 Å². The van der Waals surface area contributed by atoms with Crippen LogP contribution in [0, 0.1) is 0 Å². The largest absolute Gasteiger partial charge is 0.455 e. The Balaban J connectivity index is 0.916. The molecule has 12 rings (SSSR count). The average Bonchev–Trinajstić information content (AvgIpc) is 3.75. The summed E-state index contributed by atoms with van der Waals surface area (Å²) in [5.74, 6) is 0.888. The van der Waals surface area contributed by atoms with Crippen LogP contribution in [0.25, 0.3) is 98.8 Å². The highest BCUT2D eigenvalue weighted by atomic mass is 16.3. The molecule has 0 bridgehead atoms. The second-order valence-corrected chi connectivity index (χ2v) is 16.1. The molecular formula is C60H39NO. The van der Waals surface area contributed by atoms with Gasteiger partial charge in [-0.25, -0.2) is 0 Å². The first-order valence-corrected chi connectivity index (χ1v) is 21.2. The number of nitrogens with zero attached hydrogens (tertiary/aromatic N) is 1. The van der Waals surface area contributed by atoms with E-state index in [0.29, 0.717) is 0 Å². The maximum Gasteiger partial charge on any atom is 0.143 e. The second-order valence-electron chi connectivity index (χ2n) is 16.1.